The molecule has 3 rings (SSSR count). The lowest BCUT2D eigenvalue weighted by molar-refractivity contribution is 0.0600. The van der Waals surface area contributed by atoms with E-state index < -0.39 is 0 Å². The number of esters is 1. The number of carbonyl (C=O) groups is 2. The summed E-state index contributed by atoms with van der Waals surface area (Å²) in [4.78, 5) is 23.9. The van der Waals surface area contributed by atoms with Gasteiger partial charge in [0.2, 0.25) is 0 Å². The van der Waals surface area contributed by atoms with Crippen LogP contribution < -0.4 is 4.74 Å². The zero-order valence-corrected chi connectivity index (χ0v) is 17.4. The Hall–Kier alpha value is -3.18. The summed E-state index contributed by atoms with van der Waals surface area (Å²) in [6, 6.07) is 21.8. The molecule has 0 unspecified atom stereocenters. The summed E-state index contributed by atoms with van der Waals surface area (Å²) in [7, 11) is 1.35. The number of hydrogen-bond donors (Lipinski definition) is 0. The molecule has 3 aromatic rings. The first-order chi connectivity index (χ1) is 14.1. The third-order valence-corrected chi connectivity index (χ3v) is 4.71. The van der Waals surface area contributed by atoms with Crippen molar-refractivity contribution in [3.63, 3.8) is 0 Å². The molecule has 0 atom stereocenters. The number of ketones is 1. The molecule has 3 aromatic carbocycles. The van der Waals surface area contributed by atoms with E-state index >= 15 is 0 Å². The van der Waals surface area contributed by atoms with E-state index in [4.69, 9.17) is 9.47 Å². The van der Waals surface area contributed by atoms with Crippen LogP contribution in [0.4, 0.5) is 0 Å². The summed E-state index contributed by atoms with van der Waals surface area (Å²) < 4.78 is 11.5. The van der Waals surface area contributed by atoms with E-state index in [1.165, 1.54) is 13.2 Å². The Morgan fingerprint density at radius 2 is 1.69 bits per heavy atom. The molecular weight excluding hydrogens is 432 g/mol. The predicted octanol–water partition coefficient (Wildman–Crippen LogP) is 5.71. The van der Waals surface area contributed by atoms with Crippen LogP contribution in [0.5, 0.6) is 5.75 Å². The highest BCUT2D eigenvalue weighted by molar-refractivity contribution is 9.10. The lowest BCUT2D eigenvalue weighted by Crippen LogP contribution is -2.02. The molecule has 0 radical (unpaired) electrons. The fraction of sp³-hybridized carbons (Fsp3) is 0.0833. The van der Waals surface area contributed by atoms with Crippen molar-refractivity contribution in [2.45, 2.75) is 6.61 Å². The molecule has 0 N–H and O–H groups in total. The molecule has 0 amide bonds. The highest BCUT2D eigenvalue weighted by atomic mass is 79.9. The second kappa shape index (κ2) is 9.85. The van der Waals surface area contributed by atoms with Crippen molar-refractivity contribution in [2.24, 2.45) is 0 Å². The zero-order chi connectivity index (χ0) is 20.6. The average Bonchev–Trinajstić information content (AvgIpc) is 2.76. The molecule has 5 heteroatoms. The minimum Gasteiger partial charge on any atom is -0.488 e. The number of methoxy groups -OCH3 is 1. The van der Waals surface area contributed by atoms with Crippen molar-refractivity contribution in [3.05, 3.63) is 106 Å². The fourth-order valence-electron chi connectivity index (χ4n) is 2.67. The molecule has 0 heterocycles. The van der Waals surface area contributed by atoms with Gasteiger partial charge < -0.3 is 9.47 Å². The van der Waals surface area contributed by atoms with Gasteiger partial charge in [-0.1, -0.05) is 58.4 Å². The van der Waals surface area contributed by atoms with E-state index in [-0.39, 0.29) is 11.8 Å². The summed E-state index contributed by atoms with van der Waals surface area (Å²) >= 11 is 3.38. The molecule has 0 aliphatic heterocycles. The Kier molecular flexibility index (Phi) is 6.98. The van der Waals surface area contributed by atoms with Gasteiger partial charge in [0.05, 0.1) is 12.7 Å². The molecule has 0 aliphatic rings. The summed E-state index contributed by atoms with van der Waals surface area (Å²) in [5.41, 5.74) is 2.83. The third-order valence-electron chi connectivity index (χ3n) is 4.21. The standard InChI is InChI=1S/C24H19BrO4/c1-28-24(27)19-11-9-17(10-12-19)16-29-23-8-3-2-5-18(23)13-14-22(26)20-6-4-7-21(25)15-20/h2-15H,16H2,1H3. The maximum Gasteiger partial charge on any atom is 0.337 e. The molecular formula is C24H19BrO4. The van der Waals surface area contributed by atoms with E-state index in [0.717, 1.165) is 15.6 Å². The summed E-state index contributed by atoms with van der Waals surface area (Å²) in [5, 5.41) is 0. The Labute approximate surface area is 177 Å². The van der Waals surface area contributed by atoms with Crippen LogP contribution in [0.1, 0.15) is 31.8 Å². The second-order valence-corrected chi connectivity index (χ2v) is 7.14. The van der Waals surface area contributed by atoms with Crippen LogP contribution >= 0.6 is 15.9 Å². The Bertz CT molecular complexity index is 1040. The van der Waals surface area contributed by atoms with Gasteiger partial charge in [0.15, 0.2) is 5.78 Å². The largest absolute Gasteiger partial charge is 0.488 e. The number of hydrogen-bond acceptors (Lipinski definition) is 4. The highest BCUT2D eigenvalue weighted by Crippen LogP contribution is 2.22. The first-order valence-electron chi connectivity index (χ1n) is 8.94. The van der Waals surface area contributed by atoms with Crippen molar-refractivity contribution in [1.82, 2.24) is 0 Å². The number of benzene rings is 3. The van der Waals surface area contributed by atoms with E-state index in [0.29, 0.717) is 23.5 Å². The summed E-state index contributed by atoms with van der Waals surface area (Å²) in [6.07, 6.45) is 3.29. The lowest BCUT2D eigenvalue weighted by Gasteiger charge is -2.09. The van der Waals surface area contributed by atoms with Crippen LogP contribution in [0.25, 0.3) is 6.08 Å². The Morgan fingerprint density at radius 3 is 2.41 bits per heavy atom. The molecule has 0 spiro atoms. The van der Waals surface area contributed by atoms with Gasteiger partial charge in [0.25, 0.3) is 0 Å². The molecule has 0 saturated heterocycles. The van der Waals surface area contributed by atoms with Gasteiger partial charge in [0, 0.05) is 15.6 Å². The van der Waals surface area contributed by atoms with Crippen LogP contribution in [-0.4, -0.2) is 18.9 Å². The van der Waals surface area contributed by atoms with Crippen molar-refractivity contribution >= 4 is 33.8 Å². The topological polar surface area (TPSA) is 52.6 Å². The number of allylic oxidation sites excluding steroid dienone is 1. The van der Waals surface area contributed by atoms with Gasteiger partial charge >= 0.3 is 5.97 Å². The monoisotopic (exact) mass is 450 g/mol. The van der Waals surface area contributed by atoms with Crippen LogP contribution in [0.15, 0.2) is 83.3 Å². The maximum atomic E-state index is 12.4. The first-order valence-corrected chi connectivity index (χ1v) is 9.73. The van der Waals surface area contributed by atoms with Gasteiger partial charge in [-0.25, -0.2) is 4.79 Å². The molecule has 146 valence electrons. The minimum atomic E-state index is -0.372. The summed E-state index contributed by atoms with van der Waals surface area (Å²) in [6.45, 7) is 0.339. The van der Waals surface area contributed by atoms with Crippen molar-refractivity contribution < 1.29 is 19.1 Å². The van der Waals surface area contributed by atoms with E-state index in [1.807, 2.05) is 48.5 Å². The van der Waals surface area contributed by atoms with Crippen molar-refractivity contribution in [3.8, 4) is 5.75 Å². The van der Waals surface area contributed by atoms with Crippen LogP contribution in [0.3, 0.4) is 0 Å². The average molecular weight is 451 g/mol. The van der Waals surface area contributed by atoms with Gasteiger partial charge in [-0.05, 0) is 48.0 Å². The number of halogens is 1. The lowest BCUT2D eigenvalue weighted by atomic mass is 10.1. The van der Waals surface area contributed by atoms with Gasteiger partial charge in [0.1, 0.15) is 12.4 Å². The second-order valence-electron chi connectivity index (χ2n) is 6.22. The van der Waals surface area contributed by atoms with Crippen molar-refractivity contribution in [1.29, 1.82) is 0 Å². The number of rotatable bonds is 7. The van der Waals surface area contributed by atoms with Crippen molar-refractivity contribution in [2.75, 3.05) is 7.11 Å². The third kappa shape index (κ3) is 5.65. The normalized spacial score (nSPS) is 10.7. The number of para-hydroxylation sites is 1. The Morgan fingerprint density at radius 1 is 0.931 bits per heavy atom. The highest BCUT2D eigenvalue weighted by Gasteiger charge is 2.06. The zero-order valence-electron chi connectivity index (χ0n) is 15.8. The first kappa shape index (κ1) is 20.6. The maximum absolute atomic E-state index is 12.4. The van der Waals surface area contributed by atoms with Gasteiger partial charge in [-0.15, -0.1) is 0 Å². The van der Waals surface area contributed by atoms with E-state index in [1.54, 1.807) is 30.3 Å². The fourth-order valence-corrected chi connectivity index (χ4v) is 3.07. The van der Waals surface area contributed by atoms with Crippen LogP contribution in [-0.2, 0) is 11.3 Å². The molecule has 0 aliphatic carbocycles. The van der Waals surface area contributed by atoms with Gasteiger partial charge in [-0.2, -0.15) is 0 Å². The van der Waals surface area contributed by atoms with E-state index in [2.05, 4.69) is 15.9 Å². The molecule has 4 nitrogen and oxygen atoms in total. The SMILES string of the molecule is COC(=O)c1ccc(COc2ccccc2C=CC(=O)c2cccc(Br)c2)cc1. The number of carbonyl (C=O) groups excluding carboxylic acids is 2. The number of ether oxygens (including phenoxy) is 2. The molecule has 0 bridgehead atoms. The van der Waals surface area contributed by atoms with Gasteiger partial charge in [-0.3, -0.25) is 4.79 Å². The van der Waals surface area contributed by atoms with Crippen LogP contribution in [0.2, 0.25) is 0 Å². The molecule has 0 saturated carbocycles. The Balaban J connectivity index is 1.69. The smallest absolute Gasteiger partial charge is 0.337 e. The van der Waals surface area contributed by atoms with Crippen LogP contribution in [0, 0.1) is 0 Å². The van der Waals surface area contributed by atoms with E-state index in [9.17, 15) is 9.59 Å². The molecule has 0 aromatic heterocycles. The molecule has 0 fully saturated rings. The quantitative estimate of drug-likeness (QED) is 0.262. The molecule has 29 heavy (non-hydrogen) atoms. The minimum absolute atomic E-state index is 0.0838. The predicted molar refractivity (Wildman–Crippen MR) is 116 cm³/mol. The summed E-state index contributed by atoms with van der Waals surface area (Å²) in [5.74, 6) is 0.213.